The lowest BCUT2D eigenvalue weighted by molar-refractivity contribution is -0.409. The Bertz CT molecular complexity index is 4100. The van der Waals surface area contributed by atoms with Gasteiger partial charge in [-0.05, 0) is 150 Å². The minimum absolute atomic E-state index is 0.00289. The predicted octanol–water partition coefficient (Wildman–Crippen LogP) is 9.92. The fraction of sp³-hybridized carbons (Fsp3) is 0.663. The molecular formula is C89H121NO25. The minimum atomic E-state index is -2.39. The smallest absolute Gasteiger partial charge is 0.338 e. The first-order chi connectivity index (χ1) is 54.1. The van der Waals surface area contributed by atoms with Gasteiger partial charge in [-0.2, -0.15) is 0 Å². The first-order valence-corrected chi connectivity index (χ1v) is 41.2. The van der Waals surface area contributed by atoms with Gasteiger partial charge in [0.25, 0.3) is 5.91 Å². The zero-order valence-corrected chi connectivity index (χ0v) is 69.2. The van der Waals surface area contributed by atoms with E-state index in [1.807, 2.05) is 41.5 Å². The van der Waals surface area contributed by atoms with Crippen molar-refractivity contribution in [1.29, 1.82) is 0 Å². The summed E-state index contributed by atoms with van der Waals surface area (Å²) in [4.78, 5) is 110. The maximum atomic E-state index is 15.5. The molecule has 2 bridgehead atoms. The van der Waals surface area contributed by atoms with Gasteiger partial charge in [-0.25, -0.2) is 9.59 Å². The number of amides is 1. The highest BCUT2D eigenvalue weighted by Gasteiger charge is 2.79. The van der Waals surface area contributed by atoms with Crippen LogP contribution in [-0.4, -0.2) is 203 Å². The molecule has 1 amide bonds. The number of aliphatic hydroxyl groups excluding tert-OH is 4. The van der Waals surface area contributed by atoms with Crippen LogP contribution in [0.4, 0.5) is 0 Å². The number of esters is 4. The van der Waals surface area contributed by atoms with E-state index in [-0.39, 0.29) is 77.1 Å². The first kappa shape index (κ1) is 88.6. The molecule has 3 aromatic carbocycles. The number of carboxylic acids is 1. The Kier molecular flexibility index (Phi) is 26.4. The molecule has 26 nitrogen and oxygen atoms in total. The average molecular weight is 1600 g/mol. The molecule has 7 fully saturated rings. The summed E-state index contributed by atoms with van der Waals surface area (Å²) in [5, 5.41) is 84.2. The molecule has 6 aliphatic heterocycles. The molecule has 115 heavy (non-hydrogen) atoms. The molecule has 0 radical (unpaired) electrons. The zero-order valence-electron chi connectivity index (χ0n) is 69.2. The molecule has 9 aliphatic rings. The molecule has 3 aromatic rings. The number of carboxylic acid groups (broad SMARTS) is 1. The van der Waals surface area contributed by atoms with E-state index in [1.54, 1.807) is 112 Å². The molecular weight excluding hydrogens is 1480 g/mol. The number of benzene rings is 3. The Balaban J connectivity index is 0.000000229. The number of hydrogen-bond acceptors (Lipinski definition) is 24. The molecule has 632 valence electrons. The van der Waals surface area contributed by atoms with Gasteiger partial charge < -0.3 is 88.4 Å². The summed E-state index contributed by atoms with van der Waals surface area (Å²) in [5.74, 6) is -12.6. The Labute approximate surface area is 674 Å². The highest BCUT2D eigenvalue weighted by Crippen LogP contribution is 2.65. The van der Waals surface area contributed by atoms with Crippen LogP contribution in [0.3, 0.4) is 0 Å². The summed E-state index contributed by atoms with van der Waals surface area (Å²) in [7, 11) is 0. The highest BCUT2D eigenvalue weighted by atomic mass is 16.8. The third-order valence-electron chi connectivity index (χ3n) is 27.9. The van der Waals surface area contributed by atoms with E-state index in [4.69, 9.17) is 47.4 Å². The monoisotopic (exact) mass is 1600 g/mol. The summed E-state index contributed by atoms with van der Waals surface area (Å²) in [6, 6.07) is 22.9. The molecule has 5 saturated heterocycles. The van der Waals surface area contributed by atoms with Gasteiger partial charge in [0.05, 0.1) is 89.4 Å². The number of ether oxygens (including phenoxy) is 10. The Hall–Kier alpha value is -7.18. The third kappa shape index (κ3) is 16.4. The number of Topliss-reactive ketones (excluding diaryl/α,β-unsaturated/α-hetero) is 2. The van der Waals surface area contributed by atoms with Gasteiger partial charge in [-0.3, -0.25) is 28.8 Å². The molecule has 2 spiro atoms. The van der Waals surface area contributed by atoms with E-state index in [0.717, 1.165) is 20.3 Å². The van der Waals surface area contributed by atoms with Gasteiger partial charge in [-0.15, -0.1) is 0 Å². The van der Waals surface area contributed by atoms with Gasteiger partial charge in [-0.1, -0.05) is 136 Å². The maximum Gasteiger partial charge on any atom is 0.338 e. The van der Waals surface area contributed by atoms with Crippen LogP contribution in [0.5, 0.6) is 0 Å². The normalized spacial score (nSPS) is 38.5. The third-order valence-corrected chi connectivity index (χ3v) is 27.9. The second kappa shape index (κ2) is 34.3. The second-order valence-corrected chi connectivity index (χ2v) is 35.3. The Morgan fingerprint density at radius 1 is 0.704 bits per heavy atom. The zero-order chi connectivity index (χ0) is 84.2. The molecule has 2 saturated carbocycles. The molecule has 0 aromatic heterocycles. The number of carbonyl (C=O) groups is 8. The number of ketones is 2. The lowest BCUT2D eigenvalue weighted by Crippen LogP contribution is -2.82. The summed E-state index contributed by atoms with van der Waals surface area (Å²) in [6.45, 7) is 27.6. The van der Waals surface area contributed by atoms with Crippen molar-refractivity contribution in [2.24, 2.45) is 58.2 Å². The van der Waals surface area contributed by atoms with Crippen molar-refractivity contribution in [1.82, 2.24) is 5.32 Å². The number of nitrogens with one attached hydrogen (secondary N) is 1. The first-order valence-electron chi connectivity index (χ1n) is 41.2. The lowest BCUT2D eigenvalue weighted by Gasteiger charge is -2.67. The van der Waals surface area contributed by atoms with Crippen LogP contribution in [0.25, 0.3) is 0 Å². The van der Waals surface area contributed by atoms with Crippen molar-refractivity contribution in [3.63, 3.8) is 0 Å². The number of rotatable bonds is 22. The van der Waals surface area contributed by atoms with E-state index in [2.05, 4.69) is 26.1 Å². The largest absolute Gasteiger partial charge is 0.481 e. The van der Waals surface area contributed by atoms with Crippen molar-refractivity contribution in [2.75, 3.05) is 6.61 Å². The number of fused-ring (bicyclic) bond motifs is 5. The van der Waals surface area contributed by atoms with Gasteiger partial charge in [0.2, 0.25) is 5.79 Å². The molecule has 0 unspecified atom stereocenters. The fourth-order valence-corrected chi connectivity index (χ4v) is 20.7. The van der Waals surface area contributed by atoms with Crippen molar-refractivity contribution >= 4 is 47.3 Å². The molecule has 12 rings (SSSR count). The SMILES string of the molecule is CC(=O)O[C@H]1C(=O)[C@@]2(C)[C@H]([C@H](OC(=O)c3ccccc3)[C@]3(O)C[C@H](OC(=O)[C@H](O)[C@@H](NC(=O)c4ccccc4)c4ccccc4)C(C)=C1C3(C)C)[C@]1(OC(C)=O)CO[C@@H]1C[C@@H]2O.CC[C@@H](C(=O)[C@@H](C)[C@@H](O)[C@H](C)[C@@H]1O[C@@H]([C@@H](CC)C(=O)O)CC[C@@H]1C)[C@H]1O[C@]2(C=C[C@@H](O)[C@]3(CC[C@@](C)([C@H]4CC[C@](O)(CC)[C@H](C)O4)O3)O2)[C@H](C)C[C@@H]1C. The van der Waals surface area contributed by atoms with Crippen LogP contribution in [0.15, 0.2) is 114 Å². The summed E-state index contributed by atoms with van der Waals surface area (Å²) in [6.07, 6.45) is -5.01. The van der Waals surface area contributed by atoms with Gasteiger partial charge in [0.1, 0.15) is 35.8 Å². The van der Waals surface area contributed by atoms with Crippen LogP contribution < -0.4 is 5.32 Å². The number of hydrogen-bond donors (Lipinski definition) is 8. The number of carbonyl (C=O) groups excluding carboxylic acids is 7. The molecule has 29 atom stereocenters. The average Bonchev–Trinajstić information content (AvgIpc) is 0.891. The van der Waals surface area contributed by atoms with Gasteiger partial charge in [0.15, 0.2) is 29.4 Å². The Morgan fingerprint density at radius 3 is 1.90 bits per heavy atom. The highest BCUT2D eigenvalue weighted by molar-refractivity contribution is 5.96. The summed E-state index contributed by atoms with van der Waals surface area (Å²) in [5.41, 5.74) is -8.65. The van der Waals surface area contributed by atoms with Crippen LogP contribution in [-0.2, 0) is 76.1 Å². The van der Waals surface area contributed by atoms with E-state index >= 15 is 4.79 Å². The Morgan fingerprint density at radius 2 is 1.33 bits per heavy atom. The lowest BCUT2D eigenvalue weighted by atomic mass is 9.44. The summed E-state index contributed by atoms with van der Waals surface area (Å²) >= 11 is 0. The van der Waals surface area contributed by atoms with Crippen molar-refractivity contribution in [3.8, 4) is 0 Å². The molecule has 26 heteroatoms. The van der Waals surface area contributed by atoms with Gasteiger partial charge in [0, 0.05) is 67.8 Å². The van der Waals surface area contributed by atoms with E-state index in [9.17, 15) is 69.3 Å². The fourth-order valence-electron chi connectivity index (χ4n) is 20.7. The van der Waals surface area contributed by atoms with Crippen LogP contribution in [0.2, 0.25) is 0 Å². The van der Waals surface area contributed by atoms with E-state index in [1.165, 1.54) is 26.0 Å². The van der Waals surface area contributed by atoms with E-state index in [0.29, 0.717) is 63.4 Å². The van der Waals surface area contributed by atoms with Gasteiger partial charge >= 0.3 is 29.8 Å². The predicted molar refractivity (Wildman–Crippen MR) is 416 cm³/mol. The maximum absolute atomic E-state index is 15.5. The minimum Gasteiger partial charge on any atom is -0.481 e. The molecule has 3 aliphatic carbocycles. The van der Waals surface area contributed by atoms with Crippen molar-refractivity contribution < 1.29 is 121 Å². The van der Waals surface area contributed by atoms with Crippen molar-refractivity contribution in [2.45, 2.75) is 307 Å². The molecule has 6 heterocycles. The number of aliphatic hydroxyl groups is 6. The molecule has 8 N–H and O–H groups in total. The van der Waals surface area contributed by atoms with Crippen molar-refractivity contribution in [3.05, 3.63) is 131 Å². The van der Waals surface area contributed by atoms with Crippen LogP contribution in [0, 0.1) is 58.2 Å². The van der Waals surface area contributed by atoms with E-state index < -0.39 is 189 Å². The van der Waals surface area contributed by atoms with Crippen LogP contribution >= 0.6 is 0 Å². The number of aliphatic carboxylic acids is 1. The quantitative estimate of drug-likeness (QED) is 0.0263. The standard InChI is InChI=1S/C47H51NO14.C42H70O11/c1-25-31(60-43(56)36(52)35(28-16-10-7-11-17-28)48-41(54)29-18-12-8-13-19-29)23-47(57)40(61-42(55)30-20-14-9-15-21-30)38-45(6,32(51)22-33-46(38,24-58-33)62-27(3)50)39(53)37(59-26(2)49)34(25)44(47,4)5;1-11-29(38(46)47)31-15-14-23(4)36(50-31)27(8)34(44)26(7)35(45)30(12-2)37-24(5)22-25(6)41(51-37)19-16-32(43)42(53-41)21-20-39(10,52-42)33-17-18-40(48,13-3)28(9)49-33/h7-21,31-33,35-38,40,51-52,57H,22-24H2,1-6H3,(H,48,54);16,19,23-34,36-37,43-44,48H,11-15,17-18,20-22H2,1-10H3,(H,46,47)/t31-,32-,33+,35-,36+,37+,38-,40-,45+,46-,47+;23-,24-,25+,26-,27-,28-,29+,30-,31+,32+,33+,34+,36+,37-,39-,40+,41-,42-/m00/s1. The second-order valence-electron chi connectivity index (χ2n) is 35.3. The summed E-state index contributed by atoms with van der Waals surface area (Å²) < 4.78 is 63.8. The topological polar surface area (TPSA) is 383 Å². The van der Waals surface area contributed by atoms with Crippen LogP contribution in [0.1, 0.15) is 220 Å².